The number of pyridine rings is 2. The third kappa shape index (κ3) is 4.28. The van der Waals surface area contributed by atoms with Crippen LogP contribution < -0.4 is 5.32 Å². The number of carbonyl (C=O) groups excluding carboxylic acids is 1. The van der Waals surface area contributed by atoms with Gasteiger partial charge in [0, 0.05) is 28.9 Å². The molecule has 4 rings (SSSR count). The summed E-state index contributed by atoms with van der Waals surface area (Å²) in [5.41, 5.74) is 3.56. The van der Waals surface area contributed by atoms with E-state index in [-0.39, 0.29) is 11.7 Å². The number of nitrogens with zero attached hydrogens (tertiary/aromatic N) is 2. The number of aromatic nitrogens is 2. The van der Waals surface area contributed by atoms with Gasteiger partial charge in [-0.05, 0) is 61.4 Å². The van der Waals surface area contributed by atoms with Crippen LogP contribution in [-0.4, -0.2) is 15.9 Å². The molecule has 4 aromatic rings. The molecule has 0 radical (unpaired) electrons. The minimum absolute atomic E-state index is 0.281. The molecule has 1 N–H and O–H groups in total. The van der Waals surface area contributed by atoms with Crippen molar-refractivity contribution in [3.63, 3.8) is 0 Å². The number of rotatable bonds is 2. The molecule has 140 valence electrons. The summed E-state index contributed by atoms with van der Waals surface area (Å²) in [5, 5.41) is 3.58. The number of benzene rings is 2. The van der Waals surface area contributed by atoms with Crippen molar-refractivity contribution in [2.24, 2.45) is 0 Å². The van der Waals surface area contributed by atoms with E-state index in [9.17, 15) is 9.18 Å². The van der Waals surface area contributed by atoms with Crippen LogP contribution in [-0.2, 0) is 0 Å². The fraction of sp³-hybridized carbons (Fsp3) is 0.0417. The maximum absolute atomic E-state index is 13.4. The first-order chi connectivity index (χ1) is 14.1. The summed E-state index contributed by atoms with van der Waals surface area (Å²) in [7, 11) is 0. The van der Waals surface area contributed by atoms with Gasteiger partial charge in [-0.25, -0.2) is 9.37 Å². The Morgan fingerprint density at radius 1 is 1.00 bits per heavy atom. The Morgan fingerprint density at radius 2 is 1.90 bits per heavy atom. The molecule has 0 spiro atoms. The molecular weight excluding hydrogens is 365 g/mol. The highest BCUT2D eigenvalue weighted by Crippen LogP contribution is 2.19. The monoisotopic (exact) mass is 381 g/mol. The van der Waals surface area contributed by atoms with Gasteiger partial charge in [0.25, 0.3) is 5.91 Å². The highest BCUT2D eigenvalue weighted by Gasteiger charge is 2.12. The maximum Gasteiger partial charge on any atom is 0.257 e. The lowest BCUT2D eigenvalue weighted by atomic mass is 10.1. The number of halogens is 1. The van der Waals surface area contributed by atoms with Crippen LogP contribution in [0.5, 0.6) is 0 Å². The summed E-state index contributed by atoms with van der Waals surface area (Å²) in [5.74, 6) is 5.40. The second-order valence-corrected chi connectivity index (χ2v) is 6.46. The van der Waals surface area contributed by atoms with E-state index in [1.165, 1.54) is 12.1 Å². The van der Waals surface area contributed by atoms with E-state index in [1.807, 2.05) is 30.3 Å². The summed E-state index contributed by atoms with van der Waals surface area (Å²) in [6.45, 7) is 1.73. The lowest BCUT2D eigenvalue weighted by Crippen LogP contribution is -2.14. The molecule has 0 saturated carbocycles. The predicted octanol–water partition coefficient (Wildman–Crippen LogP) is 4.73. The zero-order chi connectivity index (χ0) is 20.2. The second-order valence-electron chi connectivity index (χ2n) is 6.46. The fourth-order valence-electron chi connectivity index (χ4n) is 2.91. The van der Waals surface area contributed by atoms with Crippen LogP contribution in [0.15, 0.2) is 72.9 Å². The lowest BCUT2D eigenvalue weighted by molar-refractivity contribution is 0.102. The van der Waals surface area contributed by atoms with Crippen molar-refractivity contribution in [2.45, 2.75) is 6.92 Å². The zero-order valence-corrected chi connectivity index (χ0v) is 15.6. The highest BCUT2D eigenvalue weighted by atomic mass is 19.1. The normalized spacial score (nSPS) is 10.3. The third-order valence-corrected chi connectivity index (χ3v) is 4.34. The summed E-state index contributed by atoms with van der Waals surface area (Å²) in [6.07, 6.45) is 1.69. The molecule has 4 nitrogen and oxygen atoms in total. The first-order valence-electron chi connectivity index (χ1n) is 9.00. The van der Waals surface area contributed by atoms with E-state index >= 15 is 0 Å². The number of aryl methyl sites for hydroxylation is 1. The molecule has 0 aliphatic carbocycles. The highest BCUT2D eigenvalue weighted by molar-refractivity contribution is 6.06. The van der Waals surface area contributed by atoms with Gasteiger partial charge in [-0.3, -0.25) is 9.78 Å². The number of amides is 1. The van der Waals surface area contributed by atoms with Crippen molar-refractivity contribution in [1.29, 1.82) is 0 Å². The lowest BCUT2D eigenvalue weighted by Gasteiger charge is -2.09. The molecule has 5 heteroatoms. The Kier molecular flexibility index (Phi) is 5.00. The topological polar surface area (TPSA) is 54.9 Å². The molecule has 0 fully saturated rings. The van der Waals surface area contributed by atoms with Crippen LogP contribution in [0, 0.1) is 24.6 Å². The molecule has 29 heavy (non-hydrogen) atoms. The van der Waals surface area contributed by atoms with E-state index in [1.54, 1.807) is 37.4 Å². The Balaban J connectivity index is 1.57. The van der Waals surface area contributed by atoms with Crippen molar-refractivity contribution in [3.8, 4) is 11.8 Å². The molecular formula is C24H16FN3O. The molecule has 0 unspecified atom stereocenters. The minimum Gasteiger partial charge on any atom is -0.322 e. The van der Waals surface area contributed by atoms with Gasteiger partial charge in [0.05, 0.1) is 16.8 Å². The van der Waals surface area contributed by atoms with Crippen molar-refractivity contribution in [2.75, 3.05) is 5.32 Å². The average molecular weight is 381 g/mol. The molecule has 2 aromatic carbocycles. The maximum atomic E-state index is 13.4. The van der Waals surface area contributed by atoms with Gasteiger partial charge >= 0.3 is 0 Å². The Hall–Kier alpha value is -4.04. The number of nitrogens with one attached hydrogen (secondary N) is 1. The van der Waals surface area contributed by atoms with Gasteiger partial charge in [-0.15, -0.1) is 0 Å². The molecule has 2 heterocycles. The van der Waals surface area contributed by atoms with Crippen molar-refractivity contribution in [1.82, 2.24) is 9.97 Å². The van der Waals surface area contributed by atoms with Crippen LogP contribution in [0.4, 0.5) is 10.1 Å². The van der Waals surface area contributed by atoms with Crippen LogP contribution >= 0.6 is 0 Å². The molecule has 0 atom stereocenters. The van der Waals surface area contributed by atoms with Gasteiger partial charge in [-0.2, -0.15) is 0 Å². The Labute approximate surface area is 167 Å². The molecule has 1 amide bonds. The molecule has 0 aliphatic heterocycles. The van der Waals surface area contributed by atoms with Crippen molar-refractivity contribution < 1.29 is 9.18 Å². The number of anilines is 1. The van der Waals surface area contributed by atoms with E-state index in [0.717, 1.165) is 5.56 Å². The van der Waals surface area contributed by atoms with Gasteiger partial charge in [0.15, 0.2) is 0 Å². The van der Waals surface area contributed by atoms with Crippen LogP contribution in [0.3, 0.4) is 0 Å². The Bertz CT molecular complexity index is 1270. The largest absolute Gasteiger partial charge is 0.322 e. The summed E-state index contributed by atoms with van der Waals surface area (Å²) in [4.78, 5) is 21.3. The number of hydrogen-bond donors (Lipinski definition) is 1. The molecule has 0 bridgehead atoms. The standard InChI is InChI=1S/C24H16FN3O/c1-16-22(14-18-9-10-19(25)15-23(18)27-16)24(29)28-21-7-4-5-17(13-21)8-11-20-6-2-3-12-26-20/h2-7,9-10,12-15H,1H3,(H,28,29). The fourth-order valence-corrected chi connectivity index (χ4v) is 2.91. The molecule has 0 saturated heterocycles. The summed E-state index contributed by atoms with van der Waals surface area (Å²) in [6, 6.07) is 18.9. The van der Waals surface area contributed by atoms with Crippen molar-refractivity contribution >= 4 is 22.5 Å². The van der Waals surface area contributed by atoms with E-state index < -0.39 is 0 Å². The summed E-state index contributed by atoms with van der Waals surface area (Å²) >= 11 is 0. The van der Waals surface area contributed by atoms with E-state index in [4.69, 9.17) is 0 Å². The van der Waals surface area contributed by atoms with E-state index in [2.05, 4.69) is 27.1 Å². The predicted molar refractivity (Wildman–Crippen MR) is 111 cm³/mol. The smallest absolute Gasteiger partial charge is 0.257 e. The van der Waals surface area contributed by atoms with E-state index in [0.29, 0.717) is 33.5 Å². The third-order valence-electron chi connectivity index (χ3n) is 4.34. The van der Waals surface area contributed by atoms with Gasteiger partial charge in [-0.1, -0.05) is 18.1 Å². The van der Waals surface area contributed by atoms with Gasteiger partial charge in [0.1, 0.15) is 11.5 Å². The van der Waals surface area contributed by atoms with Crippen LogP contribution in [0.25, 0.3) is 10.9 Å². The minimum atomic E-state index is -0.356. The molecule has 2 aromatic heterocycles. The zero-order valence-electron chi connectivity index (χ0n) is 15.6. The average Bonchev–Trinajstić information content (AvgIpc) is 2.72. The molecule has 0 aliphatic rings. The van der Waals surface area contributed by atoms with Crippen LogP contribution in [0.1, 0.15) is 27.3 Å². The second kappa shape index (κ2) is 7.91. The SMILES string of the molecule is Cc1nc2cc(F)ccc2cc1C(=O)Nc1cccc(C#Cc2ccccn2)c1. The van der Waals surface area contributed by atoms with Crippen molar-refractivity contribution in [3.05, 3.63) is 101 Å². The number of fused-ring (bicyclic) bond motifs is 1. The first kappa shape index (κ1) is 18.3. The number of hydrogen-bond acceptors (Lipinski definition) is 3. The van der Waals surface area contributed by atoms with Gasteiger partial charge in [0.2, 0.25) is 0 Å². The Morgan fingerprint density at radius 3 is 2.72 bits per heavy atom. The van der Waals surface area contributed by atoms with Gasteiger partial charge < -0.3 is 5.32 Å². The summed E-state index contributed by atoms with van der Waals surface area (Å²) < 4.78 is 13.4. The first-order valence-corrected chi connectivity index (χ1v) is 9.00. The quantitative estimate of drug-likeness (QED) is 0.511. The number of carbonyl (C=O) groups is 1. The van der Waals surface area contributed by atoms with Crippen LogP contribution in [0.2, 0.25) is 0 Å².